The van der Waals surface area contributed by atoms with Gasteiger partial charge in [0.1, 0.15) is 24.6 Å². The first kappa shape index (κ1) is 17.1. The van der Waals surface area contributed by atoms with Gasteiger partial charge in [-0.15, -0.1) is 0 Å². The van der Waals surface area contributed by atoms with Crippen molar-refractivity contribution in [1.29, 1.82) is 0 Å². The Labute approximate surface area is 161 Å². The van der Waals surface area contributed by atoms with Crippen molar-refractivity contribution < 1.29 is 14.4 Å². The van der Waals surface area contributed by atoms with Crippen LogP contribution < -0.4 is 5.32 Å². The van der Waals surface area contributed by atoms with Gasteiger partial charge >= 0.3 is 0 Å². The third-order valence-corrected chi connectivity index (χ3v) is 7.92. The molecule has 0 aromatic heterocycles. The number of carbonyl (C=O) groups excluding carboxylic acids is 1. The molecular formula is C23H29N2O2+. The number of anilines is 1. The van der Waals surface area contributed by atoms with Gasteiger partial charge < -0.3 is 14.9 Å². The molecule has 2 fully saturated rings. The van der Waals surface area contributed by atoms with Crippen LogP contribution in [0.3, 0.4) is 0 Å². The van der Waals surface area contributed by atoms with Crippen molar-refractivity contribution in [3.63, 3.8) is 0 Å². The molecule has 0 radical (unpaired) electrons. The smallest absolute Gasteiger partial charge is 0.148 e. The highest BCUT2D eigenvalue weighted by atomic mass is 16.3. The van der Waals surface area contributed by atoms with Gasteiger partial charge in [0.05, 0.1) is 24.2 Å². The van der Waals surface area contributed by atoms with Gasteiger partial charge in [-0.1, -0.05) is 31.6 Å². The topological polar surface area (TPSA) is 49.3 Å². The zero-order valence-corrected chi connectivity index (χ0v) is 16.3. The molecule has 1 aromatic rings. The molecule has 2 saturated heterocycles. The van der Waals surface area contributed by atoms with Crippen molar-refractivity contribution in [2.24, 2.45) is 5.92 Å². The van der Waals surface area contributed by atoms with Gasteiger partial charge in [0.2, 0.25) is 0 Å². The van der Waals surface area contributed by atoms with Crippen molar-refractivity contribution >= 4 is 12.0 Å². The normalized spacial score (nSPS) is 37.2. The average molecular weight is 365 g/mol. The zero-order valence-electron chi connectivity index (χ0n) is 16.3. The molecule has 3 heterocycles. The summed E-state index contributed by atoms with van der Waals surface area (Å²) in [5.74, 6) is 0.531. The fraction of sp³-hybridized carbons (Fsp3) is 0.522. The maximum absolute atomic E-state index is 12.2. The van der Waals surface area contributed by atoms with Gasteiger partial charge in [0.25, 0.3) is 0 Å². The number of carbonyl (C=O) groups is 1. The summed E-state index contributed by atoms with van der Waals surface area (Å²) in [5, 5.41) is 14.0. The number of nitrogens with one attached hydrogen (secondary N) is 1. The maximum Gasteiger partial charge on any atom is 0.148 e. The molecule has 1 aliphatic carbocycles. The van der Waals surface area contributed by atoms with Crippen LogP contribution in [0.1, 0.15) is 45.1 Å². The monoisotopic (exact) mass is 365 g/mol. The summed E-state index contributed by atoms with van der Waals surface area (Å²) in [5.41, 5.74) is 5.34. The minimum Gasteiger partial charge on any atom is -0.506 e. The summed E-state index contributed by atoms with van der Waals surface area (Å²) in [4.78, 5) is 12.2. The lowest BCUT2D eigenvalue weighted by Crippen LogP contribution is -2.63. The van der Waals surface area contributed by atoms with E-state index in [1.165, 1.54) is 30.5 Å². The minimum atomic E-state index is -0.131. The van der Waals surface area contributed by atoms with Crippen LogP contribution in [0.2, 0.25) is 0 Å². The number of quaternary nitrogens is 1. The van der Waals surface area contributed by atoms with E-state index in [1.807, 2.05) is 6.07 Å². The fourth-order valence-corrected chi connectivity index (χ4v) is 6.76. The van der Waals surface area contributed by atoms with E-state index >= 15 is 0 Å². The number of allylic oxidation sites excluding steroid dienone is 2. The number of para-hydroxylation sites is 1. The lowest BCUT2D eigenvalue weighted by Gasteiger charge is -2.53. The summed E-state index contributed by atoms with van der Waals surface area (Å²) in [6, 6.07) is 6.37. The van der Waals surface area contributed by atoms with E-state index in [1.54, 1.807) is 6.07 Å². The molecule has 0 saturated carbocycles. The van der Waals surface area contributed by atoms with E-state index in [-0.39, 0.29) is 11.3 Å². The predicted octanol–water partition coefficient (Wildman–Crippen LogP) is 3.88. The molecule has 4 heteroatoms. The number of rotatable bonds is 4. The van der Waals surface area contributed by atoms with Crippen molar-refractivity contribution in [1.82, 2.24) is 0 Å². The van der Waals surface area contributed by atoms with Gasteiger partial charge in [-0.2, -0.15) is 0 Å². The van der Waals surface area contributed by atoms with E-state index in [4.69, 9.17) is 0 Å². The van der Waals surface area contributed by atoms with Gasteiger partial charge in [0.15, 0.2) is 0 Å². The first-order valence-electron chi connectivity index (χ1n) is 10.4. The van der Waals surface area contributed by atoms with Crippen LogP contribution in [0.4, 0.5) is 5.69 Å². The maximum atomic E-state index is 12.2. The SMILES string of the molecule is C/C=C1/C[N+]2(CCCC)CCC34C(=C(C=O)C1CC32)Nc1c(O)cccc14. The standard InChI is InChI=1S/C23H28N2O2/c1-3-5-10-25-11-9-23-18-7-6-8-19(27)21(18)24-22(23)17(14-26)16(12-20(23)25)15(4-2)13-25/h4,6-8,14,16,20H,3,5,9-13H2,1-2H3,(H-,24,26,27)/p+1/b15-4-. The molecule has 0 amide bonds. The second kappa shape index (κ2) is 5.71. The average Bonchev–Trinajstić information content (AvgIpc) is 3.21. The number of phenolic OH excluding ortho intramolecular Hbond substituents is 1. The highest BCUT2D eigenvalue weighted by molar-refractivity contribution is 5.85. The quantitative estimate of drug-likeness (QED) is 0.368. The third-order valence-electron chi connectivity index (χ3n) is 7.92. The molecule has 2 N–H and O–H groups in total. The zero-order chi connectivity index (χ0) is 18.8. The molecule has 4 aliphatic rings. The predicted molar refractivity (Wildman–Crippen MR) is 107 cm³/mol. The highest BCUT2D eigenvalue weighted by Gasteiger charge is 2.68. The summed E-state index contributed by atoms with van der Waals surface area (Å²) >= 11 is 0. The Balaban J connectivity index is 1.78. The van der Waals surface area contributed by atoms with Gasteiger partial charge in [-0.3, -0.25) is 4.79 Å². The Morgan fingerprint density at radius 1 is 1.41 bits per heavy atom. The van der Waals surface area contributed by atoms with E-state index in [2.05, 4.69) is 31.3 Å². The Hall–Kier alpha value is -2.07. The number of benzene rings is 1. The molecule has 2 bridgehead atoms. The van der Waals surface area contributed by atoms with Crippen LogP contribution in [0.5, 0.6) is 5.75 Å². The summed E-state index contributed by atoms with van der Waals surface area (Å²) in [7, 11) is 0. The van der Waals surface area contributed by atoms with Gasteiger partial charge in [0, 0.05) is 30.0 Å². The van der Waals surface area contributed by atoms with Crippen LogP contribution in [0.25, 0.3) is 0 Å². The molecule has 4 unspecified atom stereocenters. The number of nitrogens with zero attached hydrogens (tertiary/aromatic N) is 1. The number of phenols is 1. The van der Waals surface area contributed by atoms with E-state index in [0.29, 0.717) is 11.8 Å². The summed E-state index contributed by atoms with van der Waals surface area (Å²) in [6.45, 7) is 7.84. The molecule has 4 nitrogen and oxygen atoms in total. The number of unbranched alkanes of at least 4 members (excludes halogenated alkanes) is 1. The van der Waals surface area contributed by atoms with Gasteiger partial charge in [-0.05, 0) is 30.5 Å². The summed E-state index contributed by atoms with van der Waals surface area (Å²) in [6.07, 6.45) is 7.91. The highest BCUT2D eigenvalue weighted by Crippen LogP contribution is 2.64. The molecule has 27 heavy (non-hydrogen) atoms. The number of fused-ring (bicyclic) bond motifs is 2. The second-order valence-electron chi connectivity index (χ2n) is 8.84. The first-order chi connectivity index (χ1) is 13.1. The van der Waals surface area contributed by atoms with Crippen molar-refractivity contribution in [3.8, 4) is 5.75 Å². The Kier molecular flexibility index (Phi) is 3.61. The molecular weight excluding hydrogens is 336 g/mol. The third kappa shape index (κ3) is 1.94. The van der Waals surface area contributed by atoms with Crippen LogP contribution in [-0.4, -0.2) is 41.6 Å². The fourth-order valence-electron chi connectivity index (χ4n) is 6.76. The lowest BCUT2D eigenvalue weighted by molar-refractivity contribution is -0.941. The molecule has 1 aromatic carbocycles. The van der Waals surface area contributed by atoms with E-state index < -0.39 is 0 Å². The molecule has 4 atom stereocenters. The number of aromatic hydroxyl groups is 1. The van der Waals surface area contributed by atoms with Gasteiger partial charge in [-0.25, -0.2) is 0 Å². The number of aldehydes is 1. The van der Waals surface area contributed by atoms with E-state index in [0.717, 1.165) is 53.7 Å². The van der Waals surface area contributed by atoms with Crippen molar-refractivity contribution in [2.75, 3.05) is 25.0 Å². The number of hydrogen-bond donors (Lipinski definition) is 2. The van der Waals surface area contributed by atoms with Crippen molar-refractivity contribution in [3.05, 3.63) is 46.7 Å². The second-order valence-corrected chi connectivity index (χ2v) is 8.84. The Morgan fingerprint density at radius 3 is 3.00 bits per heavy atom. The van der Waals surface area contributed by atoms with Crippen LogP contribution in [-0.2, 0) is 10.2 Å². The van der Waals surface area contributed by atoms with Crippen molar-refractivity contribution in [2.45, 2.75) is 51.0 Å². The Bertz CT molecular complexity index is 886. The molecule has 142 valence electrons. The minimum absolute atomic E-state index is 0.131. The number of hydrogen-bond acceptors (Lipinski definition) is 3. The molecule has 3 aliphatic heterocycles. The Morgan fingerprint density at radius 2 is 2.26 bits per heavy atom. The van der Waals surface area contributed by atoms with Crippen LogP contribution >= 0.6 is 0 Å². The lowest BCUT2D eigenvalue weighted by atomic mass is 9.61. The largest absolute Gasteiger partial charge is 0.506 e. The van der Waals surface area contributed by atoms with Crippen LogP contribution in [0, 0.1) is 5.92 Å². The summed E-state index contributed by atoms with van der Waals surface area (Å²) < 4.78 is 1.15. The molecule has 5 rings (SSSR count). The number of piperidine rings is 1. The van der Waals surface area contributed by atoms with Crippen LogP contribution in [0.15, 0.2) is 41.1 Å². The molecule has 1 spiro atoms. The van der Waals surface area contributed by atoms with E-state index in [9.17, 15) is 9.90 Å². The first-order valence-corrected chi connectivity index (χ1v) is 10.4.